The summed E-state index contributed by atoms with van der Waals surface area (Å²) in [6, 6.07) is 15.7. The standard InChI is InChI=1S/C19H15ClN6O2S/c1-12(23-27)13-4-7-15(8-5-13)29(28)24-16-9-6-14(20)11-18(16)26-17-3-2-10-21-19(17)22-25-26/h2-11,24,27H,1H3/b23-12+. The average Bonchev–Trinajstić information content (AvgIpc) is 3.18. The van der Waals surface area contributed by atoms with Crippen LogP contribution >= 0.6 is 11.6 Å². The Hall–Kier alpha value is -3.30. The maximum absolute atomic E-state index is 12.9. The molecule has 1 unspecified atom stereocenters. The molecule has 0 saturated carbocycles. The molecule has 1 atom stereocenters. The van der Waals surface area contributed by atoms with E-state index in [0.717, 1.165) is 5.56 Å². The maximum Gasteiger partial charge on any atom is 0.202 e. The van der Waals surface area contributed by atoms with Crippen molar-refractivity contribution < 1.29 is 9.42 Å². The van der Waals surface area contributed by atoms with E-state index in [0.29, 0.717) is 38.2 Å². The fourth-order valence-electron chi connectivity index (χ4n) is 2.75. The number of rotatable bonds is 5. The van der Waals surface area contributed by atoms with Crippen molar-refractivity contribution in [2.45, 2.75) is 11.8 Å². The maximum atomic E-state index is 12.9. The normalized spacial score (nSPS) is 12.8. The number of nitrogens with one attached hydrogen (secondary N) is 1. The Morgan fingerprint density at radius 1 is 1.21 bits per heavy atom. The van der Waals surface area contributed by atoms with Gasteiger partial charge in [0.15, 0.2) is 0 Å². The van der Waals surface area contributed by atoms with Gasteiger partial charge in [-0.25, -0.2) is 13.9 Å². The van der Waals surface area contributed by atoms with Crippen LogP contribution in [0, 0.1) is 0 Å². The molecule has 0 saturated heterocycles. The van der Waals surface area contributed by atoms with Gasteiger partial charge < -0.3 is 5.21 Å². The monoisotopic (exact) mass is 426 g/mol. The van der Waals surface area contributed by atoms with Crippen LogP contribution in [0.3, 0.4) is 0 Å². The van der Waals surface area contributed by atoms with Crippen LogP contribution in [-0.4, -0.2) is 35.1 Å². The average molecular weight is 427 g/mol. The van der Waals surface area contributed by atoms with Crippen molar-refractivity contribution >= 4 is 45.1 Å². The molecular weight excluding hydrogens is 412 g/mol. The van der Waals surface area contributed by atoms with Gasteiger partial charge >= 0.3 is 0 Å². The number of aromatic nitrogens is 4. The summed E-state index contributed by atoms with van der Waals surface area (Å²) in [5, 5.41) is 20.8. The van der Waals surface area contributed by atoms with Crippen LogP contribution in [0.1, 0.15) is 12.5 Å². The smallest absolute Gasteiger partial charge is 0.202 e. The van der Waals surface area contributed by atoms with Crippen molar-refractivity contribution in [1.29, 1.82) is 0 Å². The van der Waals surface area contributed by atoms with Crippen LogP contribution in [0.4, 0.5) is 5.69 Å². The molecule has 4 rings (SSSR count). The first kappa shape index (κ1) is 19.0. The third-order valence-corrected chi connectivity index (χ3v) is 5.59. The zero-order valence-corrected chi connectivity index (χ0v) is 16.7. The van der Waals surface area contributed by atoms with Crippen molar-refractivity contribution in [2.75, 3.05) is 4.72 Å². The Morgan fingerprint density at radius 3 is 2.76 bits per heavy atom. The molecule has 29 heavy (non-hydrogen) atoms. The Balaban J connectivity index is 1.68. The molecule has 0 fully saturated rings. The van der Waals surface area contributed by atoms with E-state index in [4.69, 9.17) is 16.8 Å². The molecule has 0 spiro atoms. The van der Waals surface area contributed by atoms with Crippen LogP contribution in [-0.2, 0) is 11.0 Å². The molecule has 4 aromatic rings. The third-order valence-electron chi connectivity index (χ3n) is 4.25. The fourth-order valence-corrected chi connectivity index (χ4v) is 3.79. The van der Waals surface area contributed by atoms with E-state index in [1.54, 1.807) is 66.3 Å². The molecule has 2 aromatic carbocycles. The lowest BCUT2D eigenvalue weighted by molar-refractivity contribution is 0.319. The van der Waals surface area contributed by atoms with E-state index in [1.807, 2.05) is 6.07 Å². The van der Waals surface area contributed by atoms with Crippen molar-refractivity contribution in [3.63, 3.8) is 0 Å². The molecule has 2 heterocycles. The van der Waals surface area contributed by atoms with Crippen LogP contribution in [0.2, 0.25) is 5.02 Å². The fraction of sp³-hybridized carbons (Fsp3) is 0.0526. The largest absolute Gasteiger partial charge is 0.411 e. The molecule has 10 heteroatoms. The summed E-state index contributed by atoms with van der Waals surface area (Å²) in [6.07, 6.45) is 1.64. The Morgan fingerprint density at radius 2 is 2.00 bits per heavy atom. The van der Waals surface area contributed by atoms with Gasteiger partial charge in [0, 0.05) is 11.2 Å². The number of hydrogen-bond donors (Lipinski definition) is 2. The van der Waals surface area contributed by atoms with E-state index >= 15 is 0 Å². The number of halogens is 1. The van der Waals surface area contributed by atoms with Crippen molar-refractivity contribution in [3.05, 3.63) is 71.4 Å². The molecule has 146 valence electrons. The summed E-state index contributed by atoms with van der Waals surface area (Å²) < 4.78 is 17.5. The van der Waals surface area contributed by atoms with Gasteiger partial charge in [-0.1, -0.05) is 34.1 Å². The molecular formula is C19H15ClN6O2S. The van der Waals surface area contributed by atoms with Crippen LogP contribution in [0.5, 0.6) is 0 Å². The van der Waals surface area contributed by atoms with Gasteiger partial charge in [0.1, 0.15) is 16.5 Å². The Bertz CT molecular complexity index is 1240. The summed E-state index contributed by atoms with van der Waals surface area (Å²) in [5.41, 5.74) is 3.58. The number of anilines is 1. The zero-order valence-electron chi connectivity index (χ0n) is 15.2. The summed E-state index contributed by atoms with van der Waals surface area (Å²) >= 11 is 6.19. The molecule has 8 nitrogen and oxygen atoms in total. The number of hydrogen-bond acceptors (Lipinski definition) is 6. The van der Waals surface area contributed by atoms with Crippen molar-refractivity contribution in [3.8, 4) is 5.69 Å². The summed E-state index contributed by atoms with van der Waals surface area (Å²) in [6.45, 7) is 1.68. The summed E-state index contributed by atoms with van der Waals surface area (Å²) in [5.74, 6) is 0. The van der Waals surface area contributed by atoms with Gasteiger partial charge in [-0.3, -0.25) is 4.72 Å². The quantitative estimate of drug-likeness (QED) is 0.287. The molecule has 0 radical (unpaired) electrons. The number of oxime groups is 1. The predicted molar refractivity (Wildman–Crippen MR) is 112 cm³/mol. The molecule has 0 bridgehead atoms. The lowest BCUT2D eigenvalue weighted by Crippen LogP contribution is -2.09. The van der Waals surface area contributed by atoms with Crippen LogP contribution in [0.15, 0.2) is 70.8 Å². The second-order valence-corrected chi connectivity index (χ2v) is 7.74. The number of fused-ring (bicyclic) bond motifs is 1. The van der Waals surface area contributed by atoms with Gasteiger partial charge in [0.2, 0.25) is 5.65 Å². The molecule has 2 N–H and O–H groups in total. The van der Waals surface area contributed by atoms with Gasteiger partial charge in [0.05, 0.1) is 22.0 Å². The van der Waals surface area contributed by atoms with E-state index in [9.17, 15) is 4.21 Å². The van der Waals surface area contributed by atoms with Gasteiger partial charge in [-0.05, 0) is 55.0 Å². The van der Waals surface area contributed by atoms with E-state index < -0.39 is 11.0 Å². The number of pyridine rings is 1. The highest BCUT2D eigenvalue weighted by Gasteiger charge is 2.14. The van der Waals surface area contributed by atoms with Crippen LogP contribution in [0.25, 0.3) is 16.9 Å². The lowest BCUT2D eigenvalue weighted by Gasteiger charge is -2.12. The van der Waals surface area contributed by atoms with Gasteiger partial charge in [-0.2, -0.15) is 0 Å². The van der Waals surface area contributed by atoms with Crippen molar-refractivity contribution in [2.24, 2.45) is 5.16 Å². The lowest BCUT2D eigenvalue weighted by atomic mass is 10.1. The predicted octanol–water partition coefficient (Wildman–Crippen LogP) is 3.80. The summed E-state index contributed by atoms with van der Waals surface area (Å²) in [7, 11) is -1.54. The number of benzene rings is 2. The SMILES string of the molecule is C/C(=N\O)c1ccc(S(=O)Nc2ccc(Cl)cc2-n2nnc3ncccc32)cc1. The topological polar surface area (TPSA) is 105 Å². The minimum Gasteiger partial charge on any atom is -0.411 e. The third kappa shape index (κ3) is 3.82. The first-order valence-electron chi connectivity index (χ1n) is 8.50. The van der Waals surface area contributed by atoms with Crippen LogP contribution < -0.4 is 4.72 Å². The van der Waals surface area contributed by atoms with E-state index in [2.05, 4.69) is 25.2 Å². The van der Waals surface area contributed by atoms with Gasteiger partial charge in [-0.15, -0.1) is 5.10 Å². The number of nitrogens with zero attached hydrogens (tertiary/aromatic N) is 5. The molecule has 0 aliphatic carbocycles. The first-order chi connectivity index (χ1) is 14.1. The van der Waals surface area contributed by atoms with E-state index in [1.165, 1.54) is 0 Å². The van der Waals surface area contributed by atoms with Crippen molar-refractivity contribution in [1.82, 2.24) is 20.0 Å². The molecule has 0 amide bonds. The molecule has 0 aliphatic heterocycles. The Kier molecular flexibility index (Phi) is 5.24. The minimum absolute atomic E-state index is 0.474. The Labute approximate surface area is 173 Å². The summed E-state index contributed by atoms with van der Waals surface area (Å²) in [4.78, 5) is 4.74. The highest BCUT2D eigenvalue weighted by molar-refractivity contribution is 7.86. The second kappa shape index (κ2) is 7.98. The molecule has 0 aliphatic rings. The zero-order chi connectivity index (χ0) is 20.4. The van der Waals surface area contributed by atoms with E-state index in [-0.39, 0.29) is 0 Å². The minimum atomic E-state index is -1.54. The highest BCUT2D eigenvalue weighted by atomic mass is 35.5. The van der Waals surface area contributed by atoms with Gasteiger partial charge in [0.25, 0.3) is 0 Å². The first-order valence-corrected chi connectivity index (χ1v) is 10.0. The highest BCUT2D eigenvalue weighted by Crippen LogP contribution is 2.27. The second-order valence-electron chi connectivity index (χ2n) is 6.09. The molecule has 2 aromatic heterocycles.